The van der Waals surface area contributed by atoms with E-state index < -0.39 is 0 Å². The third kappa shape index (κ3) is 3.39. The molecule has 1 heterocycles. The van der Waals surface area contributed by atoms with Gasteiger partial charge in [0.05, 0.1) is 0 Å². The molecule has 0 unspecified atom stereocenters. The fourth-order valence-electron chi connectivity index (χ4n) is 2.09. The van der Waals surface area contributed by atoms with E-state index in [0.717, 1.165) is 37.0 Å². The molecular weight excluding hydrogens is 258 g/mol. The Bertz CT molecular complexity index is 409. The number of hydrogen-bond acceptors (Lipinski definition) is 4. The molecule has 1 amide bonds. The minimum absolute atomic E-state index is 0.154. The van der Waals surface area contributed by atoms with Gasteiger partial charge in [-0.3, -0.25) is 4.79 Å². The summed E-state index contributed by atoms with van der Waals surface area (Å²) < 4.78 is 0.305. The van der Waals surface area contributed by atoms with Crippen LogP contribution in [0.2, 0.25) is 4.47 Å². The van der Waals surface area contributed by atoms with Crippen LogP contribution < -0.4 is 5.32 Å². The molecule has 0 aliphatic heterocycles. The van der Waals surface area contributed by atoms with E-state index in [2.05, 4.69) is 29.4 Å². The average Bonchev–Trinajstić information content (AvgIpc) is 2.68. The zero-order valence-corrected chi connectivity index (χ0v) is 11.6. The standard InChI is InChI=1S/C11H16ClN3OS/c1-11(2)5-3-7(4-6-11)13-8(16)9-14-15-10(12)17-9/h7H,3-6H2,1-2H3,(H,13,16). The van der Waals surface area contributed by atoms with Crippen LogP contribution in [0, 0.1) is 5.41 Å². The average molecular weight is 274 g/mol. The normalized spacial score (nSPS) is 20.2. The van der Waals surface area contributed by atoms with Crippen LogP contribution in [0.1, 0.15) is 49.3 Å². The minimum Gasteiger partial charge on any atom is -0.347 e. The summed E-state index contributed by atoms with van der Waals surface area (Å²) in [6.07, 6.45) is 4.36. The largest absolute Gasteiger partial charge is 0.347 e. The maximum Gasteiger partial charge on any atom is 0.282 e. The van der Waals surface area contributed by atoms with Crippen molar-refractivity contribution in [3.05, 3.63) is 9.47 Å². The Morgan fingerprint density at radius 3 is 2.59 bits per heavy atom. The lowest BCUT2D eigenvalue weighted by atomic mass is 9.75. The van der Waals surface area contributed by atoms with Crippen LogP contribution in [-0.2, 0) is 0 Å². The summed E-state index contributed by atoms with van der Waals surface area (Å²) in [7, 11) is 0. The van der Waals surface area contributed by atoms with Crippen molar-refractivity contribution in [3.8, 4) is 0 Å². The van der Waals surface area contributed by atoms with Crippen LogP contribution in [-0.4, -0.2) is 22.1 Å². The second-order valence-electron chi connectivity index (χ2n) is 5.27. The number of aromatic nitrogens is 2. The molecule has 1 aliphatic rings. The van der Waals surface area contributed by atoms with Gasteiger partial charge in [0.25, 0.3) is 5.91 Å². The predicted octanol–water partition coefficient (Wildman–Crippen LogP) is 2.89. The fraction of sp³-hybridized carbons (Fsp3) is 0.727. The van der Waals surface area contributed by atoms with Crippen molar-refractivity contribution in [1.82, 2.24) is 15.5 Å². The topological polar surface area (TPSA) is 54.9 Å². The summed E-state index contributed by atoms with van der Waals surface area (Å²) in [4.78, 5) is 11.8. The van der Waals surface area contributed by atoms with Crippen molar-refractivity contribution < 1.29 is 4.79 Å². The SMILES string of the molecule is CC1(C)CCC(NC(=O)c2nnc(Cl)s2)CC1. The van der Waals surface area contributed by atoms with E-state index in [4.69, 9.17) is 11.6 Å². The highest BCUT2D eigenvalue weighted by Gasteiger charge is 2.28. The van der Waals surface area contributed by atoms with Gasteiger partial charge >= 0.3 is 0 Å². The molecule has 0 bridgehead atoms. The van der Waals surface area contributed by atoms with Gasteiger partial charge in [0, 0.05) is 6.04 Å². The Balaban J connectivity index is 1.88. The number of halogens is 1. The molecule has 17 heavy (non-hydrogen) atoms. The van der Waals surface area contributed by atoms with E-state index in [1.54, 1.807) is 0 Å². The van der Waals surface area contributed by atoms with Gasteiger partial charge in [-0.1, -0.05) is 25.2 Å². The van der Waals surface area contributed by atoms with E-state index in [9.17, 15) is 4.79 Å². The van der Waals surface area contributed by atoms with Crippen molar-refractivity contribution in [2.75, 3.05) is 0 Å². The fourth-order valence-corrected chi connectivity index (χ4v) is 2.82. The lowest BCUT2D eigenvalue weighted by Gasteiger charge is -2.34. The molecule has 1 aromatic heterocycles. The molecule has 94 valence electrons. The quantitative estimate of drug-likeness (QED) is 0.901. The first kappa shape index (κ1) is 12.8. The Morgan fingerprint density at radius 2 is 2.06 bits per heavy atom. The van der Waals surface area contributed by atoms with Gasteiger partial charge in [-0.2, -0.15) is 0 Å². The zero-order chi connectivity index (χ0) is 12.5. The maximum absolute atomic E-state index is 11.8. The number of hydrogen-bond donors (Lipinski definition) is 1. The van der Waals surface area contributed by atoms with Gasteiger partial charge < -0.3 is 5.32 Å². The summed E-state index contributed by atoms with van der Waals surface area (Å²) in [6.45, 7) is 4.55. The molecular formula is C11H16ClN3OS. The van der Waals surface area contributed by atoms with E-state index in [1.807, 2.05) is 0 Å². The predicted molar refractivity (Wildman–Crippen MR) is 68.4 cm³/mol. The first-order chi connectivity index (χ1) is 7.96. The Labute approximate surface area is 110 Å². The van der Waals surface area contributed by atoms with Gasteiger partial charge in [0.2, 0.25) is 9.47 Å². The van der Waals surface area contributed by atoms with Crippen LogP contribution in [0.5, 0.6) is 0 Å². The number of rotatable bonds is 2. The summed E-state index contributed by atoms with van der Waals surface area (Å²) >= 11 is 6.76. The summed E-state index contributed by atoms with van der Waals surface area (Å²) in [5.41, 5.74) is 0.410. The van der Waals surface area contributed by atoms with Gasteiger partial charge in [-0.15, -0.1) is 10.2 Å². The Hall–Kier alpha value is -0.680. The van der Waals surface area contributed by atoms with Crippen LogP contribution in [0.15, 0.2) is 0 Å². The van der Waals surface area contributed by atoms with Crippen molar-refractivity contribution in [2.24, 2.45) is 5.41 Å². The Kier molecular flexibility index (Phi) is 3.68. The van der Waals surface area contributed by atoms with Crippen molar-refractivity contribution in [2.45, 2.75) is 45.6 Å². The van der Waals surface area contributed by atoms with Crippen molar-refractivity contribution >= 4 is 28.8 Å². The van der Waals surface area contributed by atoms with Gasteiger partial charge in [0.15, 0.2) is 0 Å². The number of amides is 1. The molecule has 0 radical (unpaired) electrons. The number of nitrogens with zero attached hydrogens (tertiary/aromatic N) is 2. The highest BCUT2D eigenvalue weighted by Crippen LogP contribution is 2.35. The van der Waals surface area contributed by atoms with Crippen molar-refractivity contribution in [1.29, 1.82) is 0 Å². The van der Waals surface area contributed by atoms with Crippen LogP contribution in [0.3, 0.4) is 0 Å². The molecule has 1 aliphatic carbocycles. The highest BCUT2D eigenvalue weighted by atomic mass is 35.5. The maximum atomic E-state index is 11.8. The third-order valence-corrected chi connectivity index (χ3v) is 4.29. The van der Waals surface area contributed by atoms with E-state index in [-0.39, 0.29) is 11.9 Å². The first-order valence-corrected chi connectivity index (χ1v) is 6.96. The zero-order valence-electron chi connectivity index (χ0n) is 9.99. The number of carbonyl (C=O) groups is 1. The lowest BCUT2D eigenvalue weighted by Crippen LogP contribution is -2.39. The van der Waals surface area contributed by atoms with Gasteiger partial charge in [-0.05, 0) is 42.7 Å². The molecule has 2 rings (SSSR count). The number of nitrogens with one attached hydrogen (secondary N) is 1. The molecule has 1 N–H and O–H groups in total. The van der Waals surface area contributed by atoms with Crippen LogP contribution in [0.25, 0.3) is 0 Å². The molecule has 0 saturated heterocycles. The summed E-state index contributed by atoms with van der Waals surface area (Å²) in [5, 5.41) is 10.7. The van der Waals surface area contributed by atoms with Crippen molar-refractivity contribution in [3.63, 3.8) is 0 Å². The highest BCUT2D eigenvalue weighted by molar-refractivity contribution is 7.17. The van der Waals surface area contributed by atoms with E-state index >= 15 is 0 Å². The third-order valence-electron chi connectivity index (χ3n) is 3.27. The molecule has 1 fully saturated rings. The smallest absolute Gasteiger partial charge is 0.282 e. The second kappa shape index (κ2) is 4.90. The monoisotopic (exact) mass is 273 g/mol. The molecule has 0 aromatic carbocycles. The molecule has 0 atom stereocenters. The minimum atomic E-state index is -0.154. The second-order valence-corrected chi connectivity index (χ2v) is 6.83. The molecule has 1 aromatic rings. The molecule has 4 nitrogen and oxygen atoms in total. The van der Waals surface area contributed by atoms with Crippen LogP contribution >= 0.6 is 22.9 Å². The molecule has 6 heteroatoms. The summed E-state index contributed by atoms with van der Waals surface area (Å²) in [6, 6.07) is 0.262. The molecule has 1 saturated carbocycles. The first-order valence-electron chi connectivity index (χ1n) is 5.76. The Morgan fingerprint density at radius 1 is 1.41 bits per heavy atom. The van der Waals surface area contributed by atoms with Crippen LogP contribution in [0.4, 0.5) is 0 Å². The van der Waals surface area contributed by atoms with Gasteiger partial charge in [-0.25, -0.2) is 0 Å². The lowest BCUT2D eigenvalue weighted by molar-refractivity contribution is 0.0908. The van der Waals surface area contributed by atoms with Gasteiger partial charge in [0.1, 0.15) is 0 Å². The number of carbonyl (C=O) groups excluding carboxylic acids is 1. The summed E-state index contributed by atoms with van der Waals surface area (Å²) in [5.74, 6) is -0.154. The van der Waals surface area contributed by atoms with E-state index in [0.29, 0.717) is 14.9 Å². The molecule has 0 spiro atoms. The van der Waals surface area contributed by atoms with E-state index in [1.165, 1.54) is 0 Å².